The second-order valence-electron chi connectivity index (χ2n) is 5.18. The van der Waals surface area contributed by atoms with Crippen molar-refractivity contribution < 1.29 is 9.90 Å². The van der Waals surface area contributed by atoms with Gasteiger partial charge in [-0.3, -0.25) is 0 Å². The summed E-state index contributed by atoms with van der Waals surface area (Å²) in [6.45, 7) is 9.17. The van der Waals surface area contributed by atoms with Gasteiger partial charge < -0.3 is 15.7 Å². The zero-order valence-electron chi connectivity index (χ0n) is 11.7. The molecule has 0 atom stereocenters. The Balaban J connectivity index is 3.99. The molecule has 0 aliphatic rings. The van der Waals surface area contributed by atoms with Gasteiger partial charge >= 0.3 is 6.03 Å². The summed E-state index contributed by atoms with van der Waals surface area (Å²) in [6, 6.07) is -0.190. The Bertz CT molecular complexity index is 211. The summed E-state index contributed by atoms with van der Waals surface area (Å²) in [4.78, 5) is 11.5. The maximum absolute atomic E-state index is 11.5. The predicted molar refractivity (Wildman–Crippen MR) is 71.0 cm³/mol. The van der Waals surface area contributed by atoms with Crippen LogP contribution in [0.15, 0.2) is 0 Å². The van der Waals surface area contributed by atoms with Crippen molar-refractivity contribution in [3.05, 3.63) is 0 Å². The highest BCUT2D eigenvalue weighted by Gasteiger charge is 2.25. The molecule has 0 bridgehead atoms. The number of carbonyl (C=O) groups excluding carboxylic acids is 1. The summed E-state index contributed by atoms with van der Waals surface area (Å²) in [5, 5.41) is 15.8. The van der Waals surface area contributed by atoms with Gasteiger partial charge in [-0.1, -0.05) is 40.5 Å². The maximum atomic E-state index is 11.5. The summed E-state index contributed by atoms with van der Waals surface area (Å²) in [5.74, 6) is 0.436. The molecule has 0 aromatic carbocycles. The van der Waals surface area contributed by atoms with E-state index in [2.05, 4.69) is 10.6 Å². The topological polar surface area (TPSA) is 61.4 Å². The number of urea groups is 1. The third kappa shape index (κ3) is 8.02. The summed E-state index contributed by atoms with van der Waals surface area (Å²) >= 11 is 0. The van der Waals surface area contributed by atoms with Crippen LogP contribution in [0.4, 0.5) is 4.79 Å². The molecule has 0 heterocycles. The van der Waals surface area contributed by atoms with Crippen LogP contribution < -0.4 is 10.6 Å². The van der Waals surface area contributed by atoms with Gasteiger partial charge in [0.05, 0.1) is 5.60 Å². The van der Waals surface area contributed by atoms with E-state index in [1.54, 1.807) is 0 Å². The number of hydrogen-bond donors (Lipinski definition) is 3. The van der Waals surface area contributed by atoms with Crippen LogP contribution in [0.1, 0.15) is 53.4 Å². The van der Waals surface area contributed by atoms with E-state index in [1.807, 2.05) is 27.7 Å². The van der Waals surface area contributed by atoms with Crippen LogP contribution in [-0.2, 0) is 0 Å². The lowest BCUT2D eigenvalue weighted by atomic mass is 9.93. The Morgan fingerprint density at radius 1 is 1.18 bits per heavy atom. The molecule has 0 unspecified atom stereocenters. The van der Waals surface area contributed by atoms with Crippen LogP contribution in [0.25, 0.3) is 0 Å². The third-order valence-corrected chi connectivity index (χ3v) is 2.68. The lowest BCUT2D eigenvalue weighted by Crippen LogP contribution is -2.47. The number of carbonyl (C=O) groups is 1. The first-order valence-corrected chi connectivity index (χ1v) is 6.67. The molecule has 4 nitrogen and oxygen atoms in total. The van der Waals surface area contributed by atoms with Gasteiger partial charge in [0.25, 0.3) is 0 Å². The van der Waals surface area contributed by atoms with Gasteiger partial charge in [0, 0.05) is 13.1 Å². The average Bonchev–Trinajstić information content (AvgIpc) is 2.24. The molecule has 0 aliphatic heterocycles. The first kappa shape index (κ1) is 16.2. The largest absolute Gasteiger partial charge is 0.388 e. The second-order valence-corrected chi connectivity index (χ2v) is 5.18. The molecule has 0 saturated heterocycles. The molecule has 0 aromatic heterocycles. The minimum atomic E-state index is -0.751. The fourth-order valence-electron chi connectivity index (χ4n) is 1.84. The number of hydrogen-bond acceptors (Lipinski definition) is 2. The molecule has 0 spiro atoms. The molecule has 0 fully saturated rings. The molecule has 0 radical (unpaired) electrons. The fourth-order valence-corrected chi connectivity index (χ4v) is 1.84. The Labute approximate surface area is 105 Å². The zero-order valence-corrected chi connectivity index (χ0v) is 11.7. The number of aliphatic hydroxyl groups is 1. The van der Waals surface area contributed by atoms with Crippen LogP contribution in [0, 0.1) is 5.92 Å². The van der Waals surface area contributed by atoms with Crippen molar-refractivity contribution in [2.24, 2.45) is 5.92 Å². The van der Waals surface area contributed by atoms with E-state index in [0.717, 1.165) is 25.7 Å². The quantitative estimate of drug-likeness (QED) is 0.613. The molecule has 102 valence electrons. The molecule has 0 rings (SSSR count). The minimum Gasteiger partial charge on any atom is -0.388 e. The molecular formula is C13H28N2O2. The summed E-state index contributed by atoms with van der Waals surface area (Å²) in [6.07, 6.45) is 3.30. The van der Waals surface area contributed by atoms with Gasteiger partial charge in [-0.2, -0.15) is 0 Å². The highest BCUT2D eigenvalue weighted by Crippen LogP contribution is 2.18. The molecule has 0 saturated carbocycles. The normalized spacial score (nSPS) is 11.6. The highest BCUT2D eigenvalue weighted by atomic mass is 16.3. The van der Waals surface area contributed by atoms with Crippen molar-refractivity contribution in [1.29, 1.82) is 0 Å². The number of rotatable bonds is 8. The zero-order chi connectivity index (χ0) is 13.3. The van der Waals surface area contributed by atoms with Crippen molar-refractivity contribution >= 4 is 6.03 Å². The predicted octanol–water partition coefficient (Wildman–Crippen LogP) is 2.27. The Hall–Kier alpha value is -0.770. The van der Waals surface area contributed by atoms with Gasteiger partial charge in [0.15, 0.2) is 0 Å². The molecular weight excluding hydrogens is 216 g/mol. The van der Waals surface area contributed by atoms with Gasteiger partial charge in [0.2, 0.25) is 0 Å². The Morgan fingerprint density at radius 3 is 2.12 bits per heavy atom. The first-order valence-electron chi connectivity index (χ1n) is 6.67. The summed E-state index contributed by atoms with van der Waals surface area (Å²) in [5.41, 5.74) is -0.751. The van der Waals surface area contributed by atoms with E-state index >= 15 is 0 Å². The summed E-state index contributed by atoms with van der Waals surface area (Å²) < 4.78 is 0. The van der Waals surface area contributed by atoms with Crippen LogP contribution in [-0.4, -0.2) is 29.8 Å². The lowest BCUT2D eigenvalue weighted by Gasteiger charge is -2.27. The average molecular weight is 244 g/mol. The summed E-state index contributed by atoms with van der Waals surface area (Å²) in [7, 11) is 0. The molecule has 0 aliphatic carbocycles. The number of amides is 2. The molecule has 4 heteroatoms. The molecule has 17 heavy (non-hydrogen) atoms. The van der Waals surface area contributed by atoms with Crippen molar-refractivity contribution in [1.82, 2.24) is 10.6 Å². The van der Waals surface area contributed by atoms with Gasteiger partial charge in [-0.15, -0.1) is 0 Å². The highest BCUT2D eigenvalue weighted by molar-refractivity contribution is 5.73. The SMILES string of the molecule is CCCC(O)(CCC)CNC(=O)NCC(C)C. The van der Waals surface area contributed by atoms with Gasteiger partial charge in [-0.05, 0) is 18.8 Å². The van der Waals surface area contributed by atoms with E-state index in [1.165, 1.54) is 0 Å². The van der Waals surface area contributed by atoms with E-state index in [-0.39, 0.29) is 6.03 Å². The second kappa shape index (κ2) is 8.34. The fraction of sp³-hybridized carbons (Fsp3) is 0.923. The van der Waals surface area contributed by atoms with E-state index in [0.29, 0.717) is 19.0 Å². The van der Waals surface area contributed by atoms with E-state index < -0.39 is 5.60 Å². The van der Waals surface area contributed by atoms with Crippen LogP contribution in [0.2, 0.25) is 0 Å². The van der Waals surface area contributed by atoms with Crippen molar-refractivity contribution in [3.63, 3.8) is 0 Å². The molecule has 0 aromatic rings. The van der Waals surface area contributed by atoms with Crippen molar-refractivity contribution in [3.8, 4) is 0 Å². The van der Waals surface area contributed by atoms with Gasteiger partial charge in [-0.25, -0.2) is 4.79 Å². The molecule has 3 N–H and O–H groups in total. The van der Waals surface area contributed by atoms with Crippen LogP contribution >= 0.6 is 0 Å². The smallest absolute Gasteiger partial charge is 0.314 e. The van der Waals surface area contributed by atoms with Crippen molar-refractivity contribution in [2.75, 3.05) is 13.1 Å². The number of nitrogens with one attached hydrogen (secondary N) is 2. The Morgan fingerprint density at radius 2 is 1.71 bits per heavy atom. The van der Waals surface area contributed by atoms with Crippen LogP contribution in [0.3, 0.4) is 0 Å². The van der Waals surface area contributed by atoms with Crippen LogP contribution in [0.5, 0.6) is 0 Å². The lowest BCUT2D eigenvalue weighted by molar-refractivity contribution is 0.0241. The van der Waals surface area contributed by atoms with Gasteiger partial charge in [0.1, 0.15) is 0 Å². The first-order chi connectivity index (χ1) is 7.93. The third-order valence-electron chi connectivity index (χ3n) is 2.68. The Kier molecular flexibility index (Phi) is 7.96. The van der Waals surface area contributed by atoms with E-state index in [4.69, 9.17) is 0 Å². The van der Waals surface area contributed by atoms with Crippen molar-refractivity contribution in [2.45, 2.75) is 59.0 Å². The standard InChI is InChI=1S/C13H28N2O2/c1-5-7-13(17,8-6-2)10-15-12(16)14-9-11(3)4/h11,17H,5-10H2,1-4H3,(H2,14,15,16). The minimum absolute atomic E-state index is 0.190. The molecule has 2 amide bonds. The maximum Gasteiger partial charge on any atom is 0.314 e. The van der Waals surface area contributed by atoms with E-state index in [9.17, 15) is 9.90 Å². The monoisotopic (exact) mass is 244 g/mol.